The summed E-state index contributed by atoms with van der Waals surface area (Å²) >= 11 is 0. The molecular formula is C5H10N2. The van der Waals surface area contributed by atoms with E-state index in [0.717, 1.165) is 18.8 Å². The van der Waals surface area contributed by atoms with Crippen LogP contribution < -0.4 is 0 Å². The summed E-state index contributed by atoms with van der Waals surface area (Å²) in [5.41, 5.74) is 0. The van der Waals surface area contributed by atoms with E-state index in [9.17, 15) is 0 Å². The van der Waals surface area contributed by atoms with Crippen molar-refractivity contribution in [3.05, 3.63) is 0 Å². The van der Waals surface area contributed by atoms with Crippen molar-refractivity contribution in [1.29, 1.82) is 5.41 Å². The standard InChI is InChI=1S/C5H10N2/c1-7-4-2-3-5(7)6/h6H,2-4H2,1H3. The largest absolute Gasteiger partial charge is 0.364 e. The predicted octanol–water partition coefficient (Wildman–Crippen LogP) is 0.689. The van der Waals surface area contributed by atoms with Crippen molar-refractivity contribution in [3.63, 3.8) is 0 Å². The quantitative estimate of drug-likeness (QED) is 0.474. The highest BCUT2D eigenvalue weighted by Gasteiger charge is 2.10. The summed E-state index contributed by atoms with van der Waals surface area (Å²) in [6, 6.07) is 0. The van der Waals surface area contributed by atoms with Gasteiger partial charge in [-0.3, -0.25) is 5.41 Å². The molecule has 0 aliphatic carbocycles. The Morgan fingerprint density at radius 3 is 2.57 bits per heavy atom. The average molecular weight is 98.1 g/mol. The third-order valence-corrected chi connectivity index (χ3v) is 1.37. The first-order valence-electron chi connectivity index (χ1n) is 2.59. The minimum absolute atomic E-state index is 0.792. The van der Waals surface area contributed by atoms with E-state index in [4.69, 9.17) is 5.41 Å². The minimum atomic E-state index is 0.792. The smallest absolute Gasteiger partial charge is 0.0955 e. The molecule has 1 heterocycles. The number of hydrogen-bond acceptors (Lipinski definition) is 1. The van der Waals surface area contributed by atoms with Gasteiger partial charge in [0, 0.05) is 20.0 Å². The van der Waals surface area contributed by atoms with Gasteiger partial charge in [-0.1, -0.05) is 0 Å². The molecule has 1 saturated heterocycles. The van der Waals surface area contributed by atoms with Gasteiger partial charge in [-0.2, -0.15) is 0 Å². The summed E-state index contributed by atoms with van der Waals surface area (Å²) in [5, 5.41) is 7.18. The Balaban J connectivity index is 2.48. The Bertz CT molecular complexity index is 88.1. The van der Waals surface area contributed by atoms with Crippen LogP contribution in [0.3, 0.4) is 0 Å². The van der Waals surface area contributed by atoms with Crippen LogP contribution >= 0.6 is 0 Å². The normalized spacial score (nSPS) is 21.3. The van der Waals surface area contributed by atoms with Gasteiger partial charge in [-0.15, -0.1) is 0 Å². The van der Waals surface area contributed by atoms with E-state index in [0.29, 0.717) is 0 Å². The van der Waals surface area contributed by atoms with Crippen LogP contribution in [0.2, 0.25) is 0 Å². The summed E-state index contributed by atoms with van der Waals surface area (Å²) < 4.78 is 0. The fraction of sp³-hybridized carbons (Fsp3) is 0.800. The maximum Gasteiger partial charge on any atom is 0.0955 e. The van der Waals surface area contributed by atoms with Crippen LogP contribution in [0.4, 0.5) is 0 Å². The van der Waals surface area contributed by atoms with Gasteiger partial charge in [-0.05, 0) is 6.42 Å². The van der Waals surface area contributed by atoms with Gasteiger partial charge in [-0.25, -0.2) is 0 Å². The van der Waals surface area contributed by atoms with Crippen LogP contribution in [-0.4, -0.2) is 24.3 Å². The van der Waals surface area contributed by atoms with Gasteiger partial charge in [0.1, 0.15) is 0 Å². The number of rotatable bonds is 0. The first-order valence-corrected chi connectivity index (χ1v) is 2.59. The van der Waals surface area contributed by atoms with Crippen molar-refractivity contribution in [1.82, 2.24) is 4.90 Å². The van der Waals surface area contributed by atoms with Gasteiger partial charge in [0.2, 0.25) is 0 Å². The third-order valence-electron chi connectivity index (χ3n) is 1.37. The number of nitrogens with zero attached hydrogens (tertiary/aromatic N) is 1. The Morgan fingerprint density at radius 1 is 1.71 bits per heavy atom. The molecule has 40 valence electrons. The van der Waals surface area contributed by atoms with Crippen molar-refractivity contribution in [2.75, 3.05) is 13.6 Å². The highest BCUT2D eigenvalue weighted by Crippen LogP contribution is 2.05. The Labute approximate surface area is 43.6 Å². The molecular weight excluding hydrogens is 88.1 g/mol. The van der Waals surface area contributed by atoms with Crippen LogP contribution in [0, 0.1) is 5.41 Å². The first-order chi connectivity index (χ1) is 3.30. The molecule has 0 unspecified atom stereocenters. The molecule has 1 aliphatic rings. The van der Waals surface area contributed by atoms with Crippen molar-refractivity contribution in [2.45, 2.75) is 12.8 Å². The van der Waals surface area contributed by atoms with Gasteiger partial charge in [0.15, 0.2) is 0 Å². The molecule has 0 bridgehead atoms. The van der Waals surface area contributed by atoms with Gasteiger partial charge in [0.25, 0.3) is 0 Å². The zero-order valence-corrected chi connectivity index (χ0v) is 4.57. The topological polar surface area (TPSA) is 27.1 Å². The van der Waals surface area contributed by atoms with Crippen LogP contribution in [0.1, 0.15) is 12.8 Å². The highest BCUT2D eigenvalue weighted by molar-refractivity contribution is 5.80. The van der Waals surface area contributed by atoms with E-state index in [1.807, 2.05) is 11.9 Å². The van der Waals surface area contributed by atoms with Crippen LogP contribution in [0.5, 0.6) is 0 Å². The average Bonchev–Trinajstić information content (AvgIpc) is 1.91. The Hall–Kier alpha value is -0.530. The monoisotopic (exact) mass is 98.1 g/mol. The van der Waals surface area contributed by atoms with E-state index in [-0.39, 0.29) is 0 Å². The first kappa shape index (κ1) is 4.62. The molecule has 0 amide bonds. The molecule has 1 N–H and O–H groups in total. The van der Waals surface area contributed by atoms with Crippen LogP contribution in [0.25, 0.3) is 0 Å². The maximum absolute atomic E-state index is 7.18. The van der Waals surface area contributed by atoms with Gasteiger partial charge >= 0.3 is 0 Å². The van der Waals surface area contributed by atoms with E-state index in [1.165, 1.54) is 6.42 Å². The molecule has 1 fully saturated rings. The molecule has 1 rings (SSSR count). The second-order valence-corrected chi connectivity index (χ2v) is 1.97. The van der Waals surface area contributed by atoms with Crippen molar-refractivity contribution < 1.29 is 0 Å². The third kappa shape index (κ3) is 0.734. The summed E-state index contributed by atoms with van der Waals surface area (Å²) in [6.07, 6.45) is 2.16. The fourth-order valence-corrected chi connectivity index (χ4v) is 0.809. The van der Waals surface area contributed by atoms with Gasteiger partial charge < -0.3 is 4.90 Å². The number of likely N-dealkylation sites (tertiary alicyclic amines) is 1. The highest BCUT2D eigenvalue weighted by atomic mass is 15.2. The molecule has 0 aromatic rings. The lowest BCUT2D eigenvalue weighted by Crippen LogP contribution is -2.17. The SMILES string of the molecule is CN1CCCC1=N. The van der Waals surface area contributed by atoms with Crippen molar-refractivity contribution in [2.24, 2.45) is 0 Å². The van der Waals surface area contributed by atoms with Crippen LogP contribution in [-0.2, 0) is 0 Å². The van der Waals surface area contributed by atoms with E-state index in [1.54, 1.807) is 0 Å². The molecule has 1 aliphatic heterocycles. The van der Waals surface area contributed by atoms with Crippen LogP contribution in [0.15, 0.2) is 0 Å². The number of hydrogen-bond donors (Lipinski definition) is 1. The summed E-state index contributed by atoms with van der Waals surface area (Å²) in [6.45, 7) is 1.08. The molecule has 0 radical (unpaired) electrons. The molecule has 0 saturated carbocycles. The maximum atomic E-state index is 7.18. The molecule has 0 aromatic carbocycles. The fourth-order valence-electron chi connectivity index (χ4n) is 0.809. The van der Waals surface area contributed by atoms with Gasteiger partial charge in [0.05, 0.1) is 5.84 Å². The minimum Gasteiger partial charge on any atom is -0.364 e. The molecule has 7 heavy (non-hydrogen) atoms. The van der Waals surface area contributed by atoms with E-state index >= 15 is 0 Å². The lowest BCUT2D eigenvalue weighted by Gasteiger charge is -2.06. The molecule has 0 spiro atoms. The Morgan fingerprint density at radius 2 is 2.43 bits per heavy atom. The molecule has 2 nitrogen and oxygen atoms in total. The van der Waals surface area contributed by atoms with Crippen molar-refractivity contribution >= 4 is 5.84 Å². The predicted molar refractivity (Wildman–Crippen MR) is 29.6 cm³/mol. The lowest BCUT2D eigenvalue weighted by molar-refractivity contribution is 0.547. The van der Waals surface area contributed by atoms with Crippen molar-refractivity contribution in [3.8, 4) is 0 Å². The van der Waals surface area contributed by atoms with E-state index in [2.05, 4.69) is 0 Å². The molecule has 2 heteroatoms. The second-order valence-electron chi connectivity index (χ2n) is 1.97. The Kier molecular flexibility index (Phi) is 1.01. The second kappa shape index (κ2) is 1.52. The number of amidine groups is 1. The lowest BCUT2D eigenvalue weighted by atomic mass is 10.4. The summed E-state index contributed by atoms with van der Waals surface area (Å²) in [7, 11) is 1.97. The summed E-state index contributed by atoms with van der Waals surface area (Å²) in [5.74, 6) is 0.792. The molecule has 0 aromatic heterocycles. The zero-order valence-electron chi connectivity index (χ0n) is 4.57. The van der Waals surface area contributed by atoms with E-state index < -0.39 is 0 Å². The molecule has 0 atom stereocenters. The summed E-state index contributed by atoms with van der Waals surface area (Å²) in [4.78, 5) is 1.99. The zero-order chi connectivity index (χ0) is 5.28. The number of nitrogens with one attached hydrogen (secondary N) is 1.